The van der Waals surface area contributed by atoms with Crippen LogP contribution in [-0.4, -0.2) is 44.8 Å². The van der Waals surface area contributed by atoms with Gasteiger partial charge in [-0.3, -0.25) is 4.79 Å². The second kappa shape index (κ2) is 16.5. The SMILES string of the molecule is CC(C)(Cc1ccc(S(=O)(=O)CCc2c(CCNS(=O)(=O)c3ccc(Cl)c(Cl)c3)n(C(c3ccccc3)c3ccccc3)c3ccc(Cl)cc23)cc1)C(=O)O. The Balaban J connectivity index is 1.43. The number of carboxylic acid groups (broad SMARTS) is 1. The fourth-order valence-corrected chi connectivity index (χ4v) is 9.65. The number of carboxylic acids is 1. The highest BCUT2D eigenvalue weighted by Gasteiger charge is 2.29. The molecule has 2 N–H and O–H groups in total. The molecule has 0 unspecified atom stereocenters. The number of rotatable bonds is 15. The van der Waals surface area contributed by atoms with Gasteiger partial charge in [-0.2, -0.15) is 0 Å². The molecule has 6 aromatic rings. The summed E-state index contributed by atoms with van der Waals surface area (Å²) in [5, 5.41) is 11.1. The minimum absolute atomic E-state index is 0.0170. The fourth-order valence-electron chi connectivity index (χ4n) is 6.80. The second-order valence-electron chi connectivity index (χ2n) is 14.0. The molecular weight excluding hydrogens is 799 g/mol. The zero-order valence-electron chi connectivity index (χ0n) is 30.0. The first-order chi connectivity index (χ1) is 26.1. The van der Waals surface area contributed by atoms with Crippen molar-refractivity contribution in [1.29, 1.82) is 0 Å². The van der Waals surface area contributed by atoms with Crippen molar-refractivity contribution >= 4 is 71.5 Å². The topological polar surface area (TPSA) is 123 Å². The molecule has 1 aromatic heterocycles. The van der Waals surface area contributed by atoms with Crippen molar-refractivity contribution in [3.8, 4) is 0 Å². The summed E-state index contributed by atoms with van der Waals surface area (Å²) in [6, 6.07) is 35.4. The number of nitrogens with zero attached hydrogens (tertiary/aromatic N) is 1. The van der Waals surface area contributed by atoms with Gasteiger partial charge in [0.25, 0.3) is 0 Å². The molecule has 0 bridgehead atoms. The van der Waals surface area contributed by atoms with E-state index in [1.165, 1.54) is 30.3 Å². The molecule has 6 rings (SSSR count). The normalized spacial score (nSPS) is 12.4. The number of aryl methyl sites for hydroxylation is 1. The van der Waals surface area contributed by atoms with E-state index in [-0.39, 0.29) is 57.4 Å². The molecule has 13 heteroatoms. The molecule has 0 fully saturated rings. The highest BCUT2D eigenvalue weighted by molar-refractivity contribution is 7.91. The smallest absolute Gasteiger partial charge is 0.309 e. The zero-order chi connectivity index (χ0) is 39.5. The van der Waals surface area contributed by atoms with Crippen LogP contribution < -0.4 is 4.72 Å². The van der Waals surface area contributed by atoms with Gasteiger partial charge >= 0.3 is 5.97 Å². The number of sulfone groups is 1. The third kappa shape index (κ3) is 9.12. The first-order valence-corrected chi connectivity index (χ1v) is 21.8. The molecular formula is C42H39Cl3N2O6S2. The Morgan fingerprint density at radius 3 is 1.93 bits per heavy atom. The lowest BCUT2D eigenvalue weighted by Crippen LogP contribution is -2.27. The lowest BCUT2D eigenvalue weighted by Gasteiger charge is -2.25. The number of fused-ring (bicyclic) bond motifs is 1. The van der Waals surface area contributed by atoms with Gasteiger partial charge in [0.15, 0.2) is 9.84 Å². The minimum Gasteiger partial charge on any atom is -0.481 e. The summed E-state index contributed by atoms with van der Waals surface area (Å²) in [4.78, 5) is 11.8. The maximum absolute atomic E-state index is 13.9. The Bertz CT molecular complexity index is 2520. The summed E-state index contributed by atoms with van der Waals surface area (Å²) in [5.41, 5.74) is 3.93. The number of sulfonamides is 1. The minimum atomic E-state index is -4.00. The highest BCUT2D eigenvalue weighted by atomic mass is 35.5. The van der Waals surface area contributed by atoms with E-state index < -0.39 is 31.2 Å². The van der Waals surface area contributed by atoms with Crippen molar-refractivity contribution < 1.29 is 26.7 Å². The monoisotopic (exact) mass is 836 g/mol. The van der Waals surface area contributed by atoms with E-state index in [0.29, 0.717) is 10.6 Å². The van der Waals surface area contributed by atoms with Crippen molar-refractivity contribution in [3.63, 3.8) is 0 Å². The predicted molar refractivity (Wildman–Crippen MR) is 220 cm³/mol. The Kier molecular flexibility index (Phi) is 12.2. The Hall–Kier alpha value is -4.16. The Morgan fingerprint density at radius 1 is 0.745 bits per heavy atom. The van der Waals surface area contributed by atoms with E-state index in [9.17, 15) is 26.7 Å². The van der Waals surface area contributed by atoms with E-state index in [1.807, 2.05) is 72.8 Å². The summed E-state index contributed by atoms with van der Waals surface area (Å²) >= 11 is 18.8. The zero-order valence-corrected chi connectivity index (χ0v) is 33.9. The van der Waals surface area contributed by atoms with Crippen LogP contribution in [0.4, 0.5) is 0 Å². The third-order valence-corrected chi connectivity index (χ3v) is 13.8. The number of halogens is 3. The quantitative estimate of drug-likeness (QED) is 0.106. The molecule has 1 heterocycles. The van der Waals surface area contributed by atoms with Crippen LogP contribution in [0.3, 0.4) is 0 Å². The number of hydrogen-bond acceptors (Lipinski definition) is 5. The number of hydrogen-bond donors (Lipinski definition) is 2. The van der Waals surface area contributed by atoms with Crippen molar-refractivity contribution in [2.45, 2.75) is 48.9 Å². The van der Waals surface area contributed by atoms with Gasteiger partial charge in [0.2, 0.25) is 10.0 Å². The van der Waals surface area contributed by atoms with Crippen LogP contribution >= 0.6 is 34.8 Å². The van der Waals surface area contributed by atoms with Crippen molar-refractivity contribution in [2.75, 3.05) is 12.3 Å². The summed E-state index contributed by atoms with van der Waals surface area (Å²) in [7, 11) is -7.83. The van der Waals surface area contributed by atoms with Gasteiger partial charge in [-0.1, -0.05) is 108 Å². The average Bonchev–Trinajstić information content (AvgIpc) is 3.44. The van der Waals surface area contributed by atoms with Crippen molar-refractivity contribution in [1.82, 2.24) is 9.29 Å². The molecule has 55 heavy (non-hydrogen) atoms. The maximum atomic E-state index is 13.9. The van der Waals surface area contributed by atoms with Gasteiger partial charge in [0.1, 0.15) is 0 Å². The molecule has 0 aliphatic rings. The third-order valence-electron chi connectivity index (χ3n) is 9.65. The average molecular weight is 838 g/mol. The summed E-state index contributed by atoms with van der Waals surface area (Å²) < 4.78 is 59.6. The largest absolute Gasteiger partial charge is 0.481 e. The molecule has 0 amide bonds. The van der Waals surface area contributed by atoms with Crippen LogP contribution in [-0.2, 0) is 43.9 Å². The molecule has 286 valence electrons. The van der Waals surface area contributed by atoms with E-state index in [4.69, 9.17) is 34.8 Å². The van der Waals surface area contributed by atoms with Crippen LogP contribution in [0.1, 0.15) is 47.8 Å². The lowest BCUT2D eigenvalue weighted by molar-refractivity contribution is -0.146. The van der Waals surface area contributed by atoms with Gasteiger partial charge in [-0.25, -0.2) is 21.6 Å². The van der Waals surface area contributed by atoms with Gasteiger partial charge in [0, 0.05) is 34.6 Å². The van der Waals surface area contributed by atoms with E-state index in [1.54, 1.807) is 32.0 Å². The highest BCUT2D eigenvalue weighted by Crippen LogP contribution is 2.38. The Morgan fingerprint density at radius 2 is 1.35 bits per heavy atom. The van der Waals surface area contributed by atoms with E-state index in [2.05, 4.69) is 9.29 Å². The first-order valence-electron chi connectivity index (χ1n) is 17.5. The first kappa shape index (κ1) is 40.5. The summed E-state index contributed by atoms with van der Waals surface area (Å²) in [6.45, 7) is 3.23. The lowest BCUT2D eigenvalue weighted by atomic mass is 9.86. The van der Waals surface area contributed by atoms with Gasteiger partial charge in [0.05, 0.1) is 37.0 Å². The van der Waals surface area contributed by atoms with Gasteiger partial charge in [-0.05, 0) is 97.5 Å². The molecule has 0 aliphatic heterocycles. The second-order valence-corrected chi connectivity index (χ2v) is 19.1. The molecule has 5 aromatic carbocycles. The van der Waals surface area contributed by atoms with Crippen LogP contribution in [0.2, 0.25) is 15.1 Å². The number of carbonyl (C=O) groups is 1. The van der Waals surface area contributed by atoms with Crippen LogP contribution in [0.5, 0.6) is 0 Å². The predicted octanol–water partition coefficient (Wildman–Crippen LogP) is 9.43. The Labute approximate surface area is 336 Å². The molecule has 0 aliphatic carbocycles. The van der Waals surface area contributed by atoms with Crippen molar-refractivity contribution in [3.05, 3.63) is 164 Å². The van der Waals surface area contributed by atoms with Gasteiger partial charge in [-0.15, -0.1) is 0 Å². The molecule has 0 saturated heterocycles. The molecule has 0 atom stereocenters. The molecule has 8 nitrogen and oxygen atoms in total. The molecule has 0 radical (unpaired) electrons. The number of benzene rings is 5. The van der Waals surface area contributed by atoms with E-state index >= 15 is 0 Å². The number of aliphatic carboxylic acids is 1. The fraction of sp³-hybridized carbons (Fsp3) is 0.214. The van der Waals surface area contributed by atoms with Gasteiger partial charge < -0.3 is 9.67 Å². The van der Waals surface area contributed by atoms with Crippen molar-refractivity contribution in [2.24, 2.45) is 5.41 Å². The summed E-state index contributed by atoms with van der Waals surface area (Å²) in [5.74, 6) is -1.19. The molecule has 0 spiro atoms. The maximum Gasteiger partial charge on any atom is 0.309 e. The van der Waals surface area contributed by atoms with Crippen LogP contribution in [0, 0.1) is 5.41 Å². The summed E-state index contributed by atoms with van der Waals surface area (Å²) in [6.07, 6.45) is 0.544. The number of aromatic nitrogens is 1. The van der Waals surface area contributed by atoms with Crippen LogP contribution in [0.25, 0.3) is 10.9 Å². The standard InChI is InChI=1S/C42H39Cl3N2O6S2/c1-42(2,41(48)49)27-28-13-16-32(17-14-28)54(50,51)24-22-34-35-25-31(43)15-20-38(35)47(40(29-9-5-3-6-10-29)30-11-7-4-8-12-30)39(34)21-23-46-55(52,53)33-18-19-36(44)37(45)26-33/h3-20,25-26,40,46H,21-24,27H2,1-2H3,(H,48,49). The molecule has 0 saturated carbocycles. The van der Waals surface area contributed by atoms with E-state index in [0.717, 1.165) is 33.3 Å². The van der Waals surface area contributed by atoms with Crippen LogP contribution in [0.15, 0.2) is 131 Å². The number of nitrogens with one attached hydrogen (secondary N) is 1.